The maximum atomic E-state index is 12.6. The van der Waals surface area contributed by atoms with Gasteiger partial charge < -0.3 is 20.6 Å². The second-order valence-corrected chi connectivity index (χ2v) is 23.4. The SMILES string of the molecule is CCCCCCCCCCCCCCCCCC/C=C\CCCCCCCCCCCCCCCCCCCC(=O)NC(CO)C(O)C(O)CCC/C=C/CCCCCCCCCCCCCCCCCCC. The fraction of sp³-hybridized carbons (Fsp3) is 0.926. The number of nitrogens with one attached hydrogen (secondary N) is 1. The number of amides is 1. The van der Waals surface area contributed by atoms with Crippen LogP contribution in [0.4, 0.5) is 0 Å². The molecule has 0 rings (SSSR count). The van der Waals surface area contributed by atoms with E-state index in [2.05, 4.69) is 43.5 Å². The van der Waals surface area contributed by atoms with Crippen LogP contribution in [0.25, 0.3) is 0 Å². The highest BCUT2D eigenvalue weighted by atomic mass is 16.3. The maximum Gasteiger partial charge on any atom is 0.220 e. The van der Waals surface area contributed by atoms with Gasteiger partial charge in [-0.05, 0) is 64.2 Å². The average Bonchev–Trinajstić information content (AvgIpc) is 3.40. The molecule has 0 radical (unpaired) electrons. The molecule has 0 fully saturated rings. The summed E-state index contributed by atoms with van der Waals surface area (Å²) in [4.78, 5) is 12.6. The van der Waals surface area contributed by atoms with Crippen LogP contribution in [0.3, 0.4) is 0 Å². The molecule has 434 valence electrons. The van der Waals surface area contributed by atoms with E-state index in [0.29, 0.717) is 12.8 Å². The lowest BCUT2D eigenvalue weighted by Crippen LogP contribution is -2.50. The fourth-order valence-electron chi connectivity index (χ4n) is 10.9. The molecule has 0 saturated carbocycles. The van der Waals surface area contributed by atoms with Crippen LogP contribution in [0.15, 0.2) is 24.3 Å². The van der Waals surface area contributed by atoms with Gasteiger partial charge in [-0.2, -0.15) is 0 Å². The van der Waals surface area contributed by atoms with Crippen molar-refractivity contribution in [2.45, 2.75) is 398 Å². The summed E-state index contributed by atoms with van der Waals surface area (Å²) < 4.78 is 0. The highest BCUT2D eigenvalue weighted by Gasteiger charge is 2.26. The number of hydrogen-bond acceptors (Lipinski definition) is 4. The molecule has 0 aliphatic rings. The summed E-state index contributed by atoms with van der Waals surface area (Å²) in [5.41, 5.74) is 0. The third-order valence-electron chi connectivity index (χ3n) is 16.0. The Labute approximate surface area is 458 Å². The number of unbranched alkanes of at least 4 members (excludes halogenated alkanes) is 51. The molecule has 0 aromatic carbocycles. The summed E-state index contributed by atoms with van der Waals surface area (Å²) >= 11 is 0. The normalized spacial score (nSPS) is 13.2. The Bertz CT molecular complexity index is 1090. The number of aliphatic hydroxyl groups excluding tert-OH is 3. The van der Waals surface area contributed by atoms with Gasteiger partial charge in [0.25, 0.3) is 0 Å². The minimum Gasteiger partial charge on any atom is -0.394 e. The third kappa shape index (κ3) is 58.4. The molecule has 0 aliphatic heterocycles. The zero-order chi connectivity index (χ0) is 52.9. The van der Waals surface area contributed by atoms with Crippen molar-refractivity contribution in [3.63, 3.8) is 0 Å². The average molecular weight is 1030 g/mol. The zero-order valence-corrected chi connectivity index (χ0v) is 49.8. The topological polar surface area (TPSA) is 89.8 Å². The Morgan fingerprint density at radius 2 is 0.548 bits per heavy atom. The van der Waals surface area contributed by atoms with Crippen molar-refractivity contribution in [3.8, 4) is 0 Å². The predicted molar refractivity (Wildman–Crippen MR) is 324 cm³/mol. The Balaban J connectivity index is 3.47. The minimum absolute atomic E-state index is 0.147. The van der Waals surface area contributed by atoms with E-state index in [-0.39, 0.29) is 12.5 Å². The number of allylic oxidation sites excluding steroid dienone is 4. The smallest absolute Gasteiger partial charge is 0.220 e. The van der Waals surface area contributed by atoms with Crippen LogP contribution in [0.2, 0.25) is 0 Å². The van der Waals surface area contributed by atoms with Gasteiger partial charge in [-0.15, -0.1) is 0 Å². The molecule has 0 spiro atoms. The van der Waals surface area contributed by atoms with Gasteiger partial charge in [-0.25, -0.2) is 0 Å². The van der Waals surface area contributed by atoms with E-state index in [1.807, 2.05) is 0 Å². The number of aliphatic hydroxyl groups is 3. The second kappa shape index (κ2) is 63.4. The summed E-state index contributed by atoms with van der Waals surface area (Å²) in [5, 5.41) is 33.9. The predicted octanol–water partition coefficient (Wildman–Crippen LogP) is 21.6. The lowest BCUT2D eigenvalue weighted by atomic mass is 10.0. The standard InChI is InChI=1S/C68H133NO4/c1-3-5-7-9-11-13-15-17-19-21-23-25-27-28-29-30-31-32-33-34-35-36-37-38-39-40-41-43-45-47-49-51-53-55-57-59-61-63-67(72)69-65(64-70)68(73)66(71)62-60-58-56-54-52-50-48-46-44-42-26-24-22-20-18-16-14-12-10-8-6-4-2/h32-33,54,56,65-66,68,70-71,73H,3-31,34-53,55,57-64H2,1-2H3,(H,69,72)/b33-32-,56-54+. The molecule has 3 unspecified atom stereocenters. The van der Waals surface area contributed by atoms with E-state index in [4.69, 9.17) is 0 Å². The van der Waals surface area contributed by atoms with E-state index in [1.54, 1.807) is 0 Å². The highest BCUT2D eigenvalue weighted by Crippen LogP contribution is 2.19. The minimum atomic E-state index is -1.16. The van der Waals surface area contributed by atoms with Gasteiger partial charge in [0.15, 0.2) is 0 Å². The molecule has 1 amide bonds. The van der Waals surface area contributed by atoms with Gasteiger partial charge in [-0.3, -0.25) is 4.79 Å². The monoisotopic (exact) mass is 1030 g/mol. The van der Waals surface area contributed by atoms with E-state index in [1.165, 1.54) is 315 Å². The molecule has 73 heavy (non-hydrogen) atoms. The van der Waals surface area contributed by atoms with Gasteiger partial charge in [0, 0.05) is 6.42 Å². The Kier molecular flexibility index (Phi) is 62.3. The zero-order valence-electron chi connectivity index (χ0n) is 49.8. The largest absolute Gasteiger partial charge is 0.394 e. The van der Waals surface area contributed by atoms with Crippen LogP contribution in [0.5, 0.6) is 0 Å². The molecule has 0 heterocycles. The van der Waals surface area contributed by atoms with Gasteiger partial charge >= 0.3 is 0 Å². The molecule has 3 atom stereocenters. The summed E-state index contributed by atoms with van der Waals surface area (Å²) in [5.74, 6) is -0.147. The molecule has 0 bridgehead atoms. The molecule has 0 aromatic rings. The Morgan fingerprint density at radius 3 is 0.795 bits per heavy atom. The fourth-order valence-corrected chi connectivity index (χ4v) is 10.9. The van der Waals surface area contributed by atoms with Crippen molar-refractivity contribution in [1.82, 2.24) is 5.32 Å². The van der Waals surface area contributed by atoms with Crippen molar-refractivity contribution in [2.24, 2.45) is 0 Å². The molecule has 0 aliphatic carbocycles. The van der Waals surface area contributed by atoms with Crippen LogP contribution in [-0.2, 0) is 4.79 Å². The van der Waals surface area contributed by atoms with Crippen molar-refractivity contribution >= 4 is 5.91 Å². The number of hydrogen-bond donors (Lipinski definition) is 4. The summed E-state index contributed by atoms with van der Waals surface area (Å²) in [6, 6.07) is -0.825. The number of carbonyl (C=O) groups excluding carboxylic acids is 1. The van der Waals surface area contributed by atoms with E-state index in [0.717, 1.165) is 38.5 Å². The maximum absolute atomic E-state index is 12.6. The molecule has 4 N–H and O–H groups in total. The second-order valence-electron chi connectivity index (χ2n) is 23.4. The first-order valence-electron chi connectivity index (χ1n) is 33.6. The van der Waals surface area contributed by atoms with Crippen molar-refractivity contribution < 1.29 is 20.1 Å². The lowest BCUT2D eigenvalue weighted by Gasteiger charge is -2.26. The Morgan fingerprint density at radius 1 is 0.329 bits per heavy atom. The first-order chi connectivity index (χ1) is 36.1. The van der Waals surface area contributed by atoms with Gasteiger partial charge in [0.05, 0.1) is 18.8 Å². The number of carbonyl (C=O) groups is 1. The molecular formula is C68H133NO4. The summed E-state index contributed by atoms with van der Waals surface area (Å²) in [6.07, 6.45) is 82.5. The van der Waals surface area contributed by atoms with Gasteiger partial charge in [-0.1, -0.05) is 334 Å². The van der Waals surface area contributed by atoms with Crippen LogP contribution in [0.1, 0.15) is 380 Å². The Hall–Kier alpha value is -1.17. The molecule has 5 nitrogen and oxygen atoms in total. The van der Waals surface area contributed by atoms with E-state index < -0.39 is 18.2 Å². The summed E-state index contributed by atoms with van der Waals surface area (Å²) in [6.45, 7) is 4.22. The molecular weight excluding hydrogens is 895 g/mol. The molecule has 5 heteroatoms. The van der Waals surface area contributed by atoms with Crippen LogP contribution >= 0.6 is 0 Å². The van der Waals surface area contributed by atoms with Crippen molar-refractivity contribution in [2.75, 3.05) is 6.61 Å². The van der Waals surface area contributed by atoms with E-state index >= 15 is 0 Å². The number of rotatable bonds is 63. The molecule has 0 saturated heterocycles. The van der Waals surface area contributed by atoms with Crippen LogP contribution in [0, 0.1) is 0 Å². The third-order valence-corrected chi connectivity index (χ3v) is 16.0. The first kappa shape index (κ1) is 71.8. The van der Waals surface area contributed by atoms with Crippen LogP contribution in [-0.4, -0.2) is 46.1 Å². The van der Waals surface area contributed by atoms with Crippen molar-refractivity contribution in [3.05, 3.63) is 24.3 Å². The van der Waals surface area contributed by atoms with Gasteiger partial charge in [0.1, 0.15) is 6.10 Å². The summed E-state index contributed by atoms with van der Waals surface area (Å²) in [7, 11) is 0. The van der Waals surface area contributed by atoms with Gasteiger partial charge in [0.2, 0.25) is 5.91 Å². The highest BCUT2D eigenvalue weighted by molar-refractivity contribution is 5.76. The van der Waals surface area contributed by atoms with Crippen LogP contribution < -0.4 is 5.32 Å². The quantitative estimate of drug-likeness (QED) is 0.0361. The van der Waals surface area contributed by atoms with Crippen molar-refractivity contribution in [1.29, 1.82) is 0 Å². The first-order valence-corrected chi connectivity index (χ1v) is 33.6. The molecule has 0 aromatic heterocycles. The lowest BCUT2D eigenvalue weighted by molar-refractivity contribution is -0.124. The van der Waals surface area contributed by atoms with E-state index in [9.17, 15) is 20.1 Å².